The van der Waals surface area contributed by atoms with Gasteiger partial charge in [0.15, 0.2) is 17.8 Å². The average molecular weight is 1100 g/mol. The van der Waals surface area contributed by atoms with Crippen LogP contribution in [0.2, 0.25) is 0 Å². The molecule has 81 heavy (non-hydrogen) atoms. The molecule has 5 aromatic rings. The number of hydrogen-bond acceptors (Lipinski definition) is 11. The maximum atomic E-state index is 15.8. The highest BCUT2D eigenvalue weighted by molar-refractivity contribution is 5.90. The molecule has 0 radical (unpaired) electrons. The Balaban J connectivity index is 0.956. The van der Waals surface area contributed by atoms with Gasteiger partial charge in [0.25, 0.3) is 0 Å². The van der Waals surface area contributed by atoms with E-state index in [-0.39, 0.29) is 84.4 Å². The third kappa shape index (κ3) is 9.10. The summed E-state index contributed by atoms with van der Waals surface area (Å²) in [7, 11) is 1.52. The van der Waals surface area contributed by atoms with E-state index in [0.29, 0.717) is 65.4 Å². The minimum Gasteiger partial charge on any atom is -0.482 e. The second kappa shape index (κ2) is 22.2. The van der Waals surface area contributed by atoms with E-state index in [1.807, 2.05) is 6.07 Å². The first-order valence-electron chi connectivity index (χ1n) is 30.5. The number of esters is 2. The average Bonchev–Trinajstić information content (AvgIpc) is 2.61. The fourth-order valence-electron chi connectivity index (χ4n) is 17.6. The number of aliphatic hydroxyl groups is 3. The summed E-state index contributed by atoms with van der Waals surface area (Å²) in [5, 5.41) is 32.4. The third-order valence-electron chi connectivity index (χ3n) is 21.2. The molecule has 1 aromatic heterocycles. The lowest BCUT2D eigenvalue weighted by Gasteiger charge is -2.57. The predicted octanol–water partition coefficient (Wildman–Crippen LogP) is 12.2. The molecule has 424 valence electrons. The molecule has 12 atom stereocenters. The number of carbonyl (C=O) groups excluding carboxylic acids is 2. The van der Waals surface area contributed by atoms with Crippen molar-refractivity contribution in [2.75, 3.05) is 26.9 Å². The molecule has 2 bridgehead atoms. The molecule has 12 unspecified atom stereocenters. The number of hydrogen-bond donors (Lipinski definition) is 3. The first-order valence-corrected chi connectivity index (χ1v) is 30.5. The van der Waals surface area contributed by atoms with Gasteiger partial charge in [0, 0.05) is 72.2 Å². The van der Waals surface area contributed by atoms with Gasteiger partial charge in [-0.3, -0.25) is 4.79 Å². The molecule has 2 fully saturated rings. The summed E-state index contributed by atoms with van der Waals surface area (Å²) in [5.74, 6) is -0.437. The lowest BCUT2D eigenvalue weighted by atomic mass is 9.46. The van der Waals surface area contributed by atoms with Crippen LogP contribution in [-0.4, -0.2) is 65.9 Å². The van der Waals surface area contributed by atoms with Crippen molar-refractivity contribution in [2.45, 2.75) is 164 Å². The van der Waals surface area contributed by atoms with Crippen LogP contribution in [-0.2, 0) is 55.1 Å². The van der Waals surface area contributed by atoms with Crippen molar-refractivity contribution < 1.29 is 48.3 Å². The highest BCUT2D eigenvalue weighted by Gasteiger charge is 2.61. The lowest BCUT2D eigenvalue weighted by molar-refractivity contribution is -0.208. The number of allylic oxidation sites excluding steroid dienone is 3. The van der Waals surface area contributed by atoms with Crippen molar-refractivity contribution in [2.24, 2.45) is 29.6 Å². The Morgan fingerprint density at radius 3 is 2.40 bits per heavy atom. The lowest BCUT2D eigenvalue weighted by Crippen LogP contribution is -2.62. The fourth-order valence-corrected chi connectivity index (χ4v) is 17.6. The molecule has 2 spiro atoms. The van der Waals surface area contributed by atoms with Crippen molar-refractivity contribution in [3.63, 3.8) is 0 Å². The number of fused-ring (bicyclic) bond motifs is 15. The molecule has 3 N–H and O–H groups in total. The monoisotopic (exact) mass is 1090 g/mol. The molecule has 11 heteroatoms. The normalized spacial score (nSPS) is 31.4. The van der Waals surface area contributed by atoms with E-state index in [4.69, 9.17) is 23.4 Å². The van der Waals surface area contributed by atoms with E-state index in [1.54, 1.807) is 18.6 Å². The van der Waals surface area contributed by atoms with Crippen LogP contribution < -0.4 is 10.4 Å². The van der Waals surface area contributed by atoms with E-state index in [1.165, 1.54) is 55.0 Å². The van der Waals surface area contributed by atoms with Gasteiger partial charge >= 0.3 is 17.6 Å². The molecule has 4 heterocycles. The van der Waals surface area contributed by atoms with Crippen LogP contribution in [0, 0.1) is 29.6 Å². The van der Waals surface area contributed by atoms with E-state index in [0.717, 1.165) is 56.1 Å². The molecule has 3 aliphatic heterocycles. The quantitative estimate of drug-likeness (QED) is 0.0587. The Morgan fingerprint density at radius 1 is 0.790 bits per heavy atom. The van der Waals surface area contributed by atoms with Gasteiger partial charge in [-0.15, -0.1) is 0 Å². The highest BCUT2D eigenvalue weighted by Crippen LogP contribution is 2.62. The topological polar surface area (TPSA) is 162 Å². The molecular weight excluding hydrogens is 1020 g/mol. The highest BCUT2D eigenvalue weighted by atomic mass is 16.6. The smallest absolute Gasteiger partial charge is 0.340 e. The van der Waals surface area contributed by atoms with Gasteiger partial charge in [-0.1, -0.05) is 110 Å². The van der Waals surface area contributed by atoms with Crippen molar-refractivity contribution in [1.82, 2.24) is 0 Å². The number of benzene rings is 4. The summed E-state index contributed by atoms with van der Waals surface area (Å²) in [5.41, 5.74) is 9.25. The zero-order chi connectivity index (χ0) is 55.6. The molecular formula is C70H78O11. The maximum Gasteiger partial charge on any atom is 0.340 e. The summed E-state index contributed by atoms with van der Waals surface area (Å²) in [6, 6.07) is 28.5. The first-order chi connectivity index (χ1) is 39.6. The molecule has 6 aliphatic carbocycles. The maximum absolute atomic E-state index is 15.8. The number of carbonyl (C=O) groups is 2. The number of rotatable bonds is 8. The standard InChI is InChI=1S/C70H78O11/c1-41(38-72)51-28-21-42-19-22-43(23-20-42)52-29-25-46(53-15-8-18-59-54(53)30-27-50-14-7-13-49-26-24-45-11-4-6-17-58(45)70(49,50)59)36-48(52)37-61(74)78-65-63-60(81-69(66(65)80-67(51)75)34-9-12-44-10-3-5-16-57(44)69)32-31-55-56(39-73)62(68(76)79-64(55)63)47(33-35-71)40-77-2/h4,6,8-9,11-12,15,17-20,22-23,25,29,31-32,44,46-50,52,57,65-66,71-73H,3,5,7,10,13-14,16,21,24,26-28,30,33-40H2,1-2H3. The van der Waals surface area contributed by atoms with E-state index in [2.05, 4.69) is 91.0 Å². The van der Waals surface area contributed by atoms with Crippen molar-refractivity contribution in [1.29, 1.82) is 0 Å². The van der Waals surface area contributed by atoms with Gasteiger partial charge in [0.2, 0.25) is 0 Å². The molecule has 2 saturated carbocycles. The van der Waals surface area contributed by atoms with E-state index >= 15 is 9.59 Å². The summed E-state index contributed by atoms with van der Waals surface area (Å²) in [6.45, 7) is 0.734. The molecule has 14 rings (SSSR count). The summed E-state index contributed by atoms with van der Waals surface area (Å²) in [4.78, 5) is 45.6. The molecule has 0 saturated heterocycles. The number of aryl methyl sites for hydroxylation is 2. The zero-order valence-electron chi connectivity index (χ0n) is 47.0. The Bertz CT molecular complexity index is 3370. The van der Waals surface area contributed by atoms with Crippen molar-refractivity contribution >= 4 is 22.9 Å². The van der Waals surface area contributed by atoms with Crippen LogP contribution in [0.5, 0.6) is 5.75 Å². The second-order valence-corrected chi connectivity index (χ2v) is 25.1. The van der Waals surface area contributed by atoms with Crippen LogP contribution in [0.25, 0.3) is 11.0 Å². The Morgan fingerprint density at radius 2 is 1.59 bits per heavy atom. The Kier molecular flexibility index (Phi) is 14.9. The minimum absolute atomic E-state index is 0.00448. The predicted molar refractivity (Wildman–Crippen MR) is 309 cm³/mol. The number of ether oxygens (including phenoxy) is 4. The largest absolute Gasteiger partial charge is 0.482 e. The van der Waals surface area contributed by atoms with E-state index in [9.17, 15) is 20.1 Å². The number of aliphatic hydroxyl groups excluding tert-OH is 3. The first kappa shape index (κ1) is 54.2. The zero-order valence-corrected chi connectivity index (χ0v) is 47.0. The van der Waals surface area contributed by atoms with Crippen LogP contribution in [0.4, 0.5) is 0 Å². The van der Waals surface area contributed by atoms with Crippen molar-refractivity contribution in [3.8, 4) is 5.75 Å². The van der Waals surface area contributed by atoms with Crippen LogP contribution in [0.1, 0.15) is 176 Å². The molecule has 4 aromatic carbocycles. The molecule has 9 aliphatic rings. The van der Waals surface area contributed by atoms with E-state index < -0.39 is 47.9 Å². The third-order valence-corrected chi connectivity index (χ3v) is 21.2. The Labute approximate surface area is 475 Å². The molecule has 11 nitrogen and oxygen atoms in total. The summed E-state index contributed by atoms with van der Waals surface area (Å²) in [6.07, 6.45) is 20.7. The summed E-state index contributed by atoms with van der Waals surface area (Å²) >= 11 is 0. The van der Waals surface area contributed by atoms with Gasteiger partial charge in [-0.25, -0.2) is 9.59 Å². The fraction of sp³-hybridized carbons (Fsp3) is 0.500. The van der Waals surface area contributed by atoms with Gasteiger partial charge in [-0.2, -0.15) is 0 Å². The molecule has 0 amide bonds. The SMILES string of the molecule is COCC(CCO)c1c(CO)c2ccc3c(c2oc1=O)C1OC(=O)CC2CC(c4cccc5c4CCC4CCCC6CCc7ccccc7C564)C=CC2c2ccc(cc2)CCC(=C(C)CO)C(=O)OC1C1(CC=CC2CCCCC21)O3. The van der Waals surface area contributed by atoms with Crippen LogP contribution in [0.3, 0.4) is 0 Å². The second-order valence-electron chi connectivity index (χ2n) is 25.1. The summed E-state index contributed by atoms with van der Waals surface area (Å²) < 4.78 is 33.5. The van der Waals surface area contributed by atoms with Gasteiger partial charge < -0.3 is 38.7 Å². The van der Waals surface area contributed by atoms with Gasteiger partial charge in [-0.05, 0) is 170 Å². The van der Waals surface area contributed by atoms with Gasteiger partial charge in [0.05, 0.1) is 25.4 Å². The van der Waals surface area contributed by atoms with Gasteiger partial charge in [0.1, 0.15) is 11.3 Å². The Hall–Kier alpha value is -6.11. The van der Waals surface area contributed by atoms with Crippen LogP contribution in [0.15, 0.2) is 124 Å². The minimum atomic E-state index is -1.32. The van der Waals surface area contributed by atoms with Crippen LogP contribution >= 0.6 is 0 Å². The van der Waals surface area contributed by atoms with Crippen molar-refractivity contribution in [3.05, 3.63) is 180 Å². The number of methoxy groups -OCH3 is 1.